The lowest BCUT2D eigenvalue weighted by molar-refractivity contribution is 0.683. The minimum absolute atomic E-state index is 0.838. The highest BCUT2D eigenvalue weighted by atomic mass is 32.2. The number of nitrogens with one attached hydrogen (secondary N) is 1. The van der Waals surface area contributed by atoms with Gasteiger partial charge in [0.05, 0.1) is 32.0 Å². The van der Waals surface area contributed by atoms with Gasteiger partial charge in [0.15, 0.2) is 0 Å². The fraction of sp³-hybridized carbons (Fsp3) is 0.250. The van der Waals surface area contributed by atoms with Gasteiger partial charge in [0, 0.05) is 39.6 Å². The van der Waals surface area contributed by atoms with Crippen molar-refractivity contribution < 1.29 is 4.21 Å². The highest BCUT2D eigenvalue weighted by Gasteiger charge is 2.23. The maximum Gasteiger partial charge on any atom is 0.0893 e. The highest BCUT2D eigenvalue weighted by molar-refractivity contribution is 7.85. The van der Waals surface area contributed by atoms with Crippen molar-refractivity contribution in [3.8, 4) is 0 Å². The predicted octanol–water partition coefficient (Wildman–Crippen LogP) is 3.04. The van der Waals surface area contributed by atoms with Crippen LogP contribution in [0.2, 0.25) is 0 Å². The van der Waals surface area contributed by atoms with Crippen LogP contribution < -0.4 is 15.1 Å². The normalized spacial score (nSPS) is 13.1. The van der Waals surface area contributed by atoms with Crippen molar-refractivity contribution in [3.05, 3.63) is 36.4 Å². The van der Waals surface area contributed by atoms with Gasteiger partial charge in [-0.25, -0.2) is 4.21 Å². The minimum atomic E-state index is -1.16. The second-order valence-corrected chi connectivity index (χ2v) is 6.96. The lowest BCUT2D eigenvalue weighted by atomic mass is 10.2. The average Bonchev–Trinajstić information content (AvgIpc) is 2.46. The molecular weight excluding hydrogens is 282 g/mol. The van der Waals surface area contributed by atoms with Gasteiger partial charge < -0.3 is 15.1 Å². The largest absolute Gasteiger partial charge is 0.378 e. The lowest BCUT2D eigenvalue weighted by Gasteiger charge is -2.24. The van der Waals surface area contributed by atoms with E-state index in [4.69, 9.17) is 0 Å². The van der Waals surface area contributed by atoms with Crippen LogP contribution in [-0.2, 0) is 10.8 Å². The fourth-order valence-electron chi connectivity index (χ4n) is 2.36. The summed E-state index contributed by atoms with van der Waals surface area (Å²) >= 11 is 0. The summed E-state index contributed by atoms with van der Waals surface area (Å²) in [7, 11) is 6.78. The second-order valence-electron chi connectivity index (χ2n) is 5.54. The number of hydrogen-bond acceptors (Lipinski definition) is 4. The fourth-order valence-corrected chi connectivity index (χ4v) is 3.69. The summed E-state index contributed by atoms with van der Waals surface area (Å²) in [5, 5.41) is 3.37. The van der Waals surface area contributed by atoms with E-state index in [-0.39, 0.29) is 0 Å². The van der Waals surface area contributed by atoms with Gasteiger partial charge in [-0.15, -0.1) is 0 Å². The maximum atomic E-state index is 12.9. The van der Waals surface area contributed by atoms with Gasteiger partial charge in [0.25, 0.3) is 0 Å². The Bertz CT molecular complexity index is 666. The molecule has 0 saturated heterocycles. The first-order chi connectivity index (χ1) is 9.97. The monoisotopic (exact) mass is 301 g/mol. The van der Waals surface area contributed by atoms with Gasteiger partial charge in [-0.2, -0.15) is 0 Å². The van der Waals surface area contributed by atoms with Gasteiger partial charge in [0.2, 0.25) is 0 Å². The molecule has 4 nitrogen and oxygen atoms in total. The van der Waals surface area contributed by atoms with Gasteiger partial charge in [0.1, 0.15) is 0 Å². The molecule has 0 amide bonds. The number of rotatable bonds is 2. The topological polar surface area (TPSA) is 35.6 Å². The van der Waals surface area contributed by atoms with E-state index in [1.807, 2.05) is 74.4 Å². The summed E-state index contributed by atoms with van der Waals surface area (Å²) in [6.07, 6.45) is 0. The van der Waals surface area contributed by atoms with Crippen LogP contribution in [0.25, 0.3) is 0 Å². The summed E-state index contributed by atoms with van der Waals surface area (Å²) in [5.74, 6) is 0. The van der Waals surface area contributed by atoms with Gasteiger partial charge in [-0.1, -0.05) is 0 Å². The molecule has 1 aliphatic rings. The molecule has 1 N–H and O–H groups in total. The Hall–Kier alpha value is -2.01. The molecule has 0 spiro atoms. The molecule has 0 atom stereocenters. The van der Waals surface area contributed by atoms with E-state index in [9.17, 15) is 4.21 Å². The van der Waals surface area contributed by atoms with Crippen LogP contribution in [0, 0.1) is 0 Å². The summed E-state index contributed by atoms with van der Waals surface area (Å²) in [6.45, 7) is 0. The predicted molar refractivity (Wildman–Crippen MR) is 89.5 cm³/mol. The van der Waals surface area contributed by atoms with E-state index in [1.54, 1.807) is 0 Å². The smallest absolute Gasteiger partial charge is 0.0893 e. The van der Waals surface area contributed by atoms with Crippen LogP contribution in [0.15, 0.2) is 46.2 Å². The van der Waals surface area contributed by atoms with Crippen molar-refractivity contribution in [3.63, 3.8) is 0 Å². The molecule has 2 aromatic carbocycles. The molecule has 0 fully saturated rings. The summed E-state index contributed by atoms with van der Waals surface area (Å²) in [6, 6.07) is 12.0. The van der Waals surface area contributed by atoms with Crippen LogP contribution in [0.4, 0.5) is 22.7 Å². The average molecular weight is 301 g/mol. The van der Waals surface area contributed by atoms with E-state index in [1.165, 1.54) is 0 Å². The van der Waals surface area contributed by atoms with Crippen molar-refractivity contribution in [1.29, 1.82) is 0 Å². The molecule has 0 bridgehead atoms. The molecule has 2 aromatic rings. The molecule has 0 saturated carbocycles. The highest BCUT2D eigenvalue weighted by Crippen LogP contribution is 2.39. The second kappa shape index (κ2) is 5.07. The number of anilines is 4. The summed E-state index contributed by atoms with van der Waals surface area (Å²) in [5.41, 5.74) is 3.94. The minimum Gasteiger partial charge on any atom is -0.378 e. The third kappa shape index (κ3) is 2.38. The number of fused-ring (bicyclic) bond motifs is 2. The van der Waals surface area contributed by atoms with Crippen molar-refractivity contribution >= 4 is 33.5 Å². The van der Waals surface area contributed by atoms with Gasteiger partial charge >= 0.3 is 0 Å². The van der Waals surface area contributed by atoms with Crippen LogP contribution >= 0.6 is 0 Å². The van der Waals surface area contributed by atoms with E-state index >= 15 is 0 Å². The number of benzene rings is 2. The molecule has 0 aliphatic carbocycles. The zero-order chi connectivity index (χ0) is 15.1. The Balaban J connectivity index is 2.10. The van der Waals surface area contributed by atoms with E-state index in [0.717, 1.165) is 32.5 Å². The maximum absolute atomic E-state index is 12.9. The lowest BCUT2D eigenvalue weighted by Crippen LogP contribution is -2.14. The Morgan fingerprint density at radius 3 is 1.62 bits per heavy atom. The molecule has 0 radical (unpaired) electrons. The molecular formula is C16H19N3OS. The van der Waals surface area contributed by atoms with Gasteiger partial charge in [-0.05, 0) is 36.4 Å². The van der Waals surface area contributed by atoms with E-state index in [0.29, 0.717) is 0 Å². The van der Waals surface area contributed by atoms with Crippen LogP contribution in [0.1, 0.15) is 0 Å². The van der Waals surface area contributed by atoms with Gasteiger partial charge in [-0.3, -0.25) is 0 Å². The first-order valence-corrected chi connectivity index (χ1v) is 7.94. The molecule has 0 aromatic heterocycles. The molecule has 21 heavy (non-hydrogen) atoms. The number of nitrogens with zero attached hydrogens (tertiary/aromatic N) is 2. The Morgan fingerprint density at radius 1 is 0.810 bits per heavy atom. The van der Waals surface area contributed by atoms with Crippen LogP contribution in [0.3, 0.4) is 0 Å². The molecule has 0 unspecified atom stereocenters. The van der Waals surface area contributed by atoms with Crippen molar-refractivity contribution in [2.24, 2.45) is 0 Å². The first-order valence-electron chi connectivity index (χ1n) is 6.79. The third-order valence-electron chi connectivity index (χ3n) is 3.63. The Morgan fingerprint density at radius 2 is 1.24 bits per heavy atom. The molecule has 1 heterocycles. The Labute approximate surface area is 127 Å². The zero-order valence-electron chi connectivity index (χ0n) is 12.7. The zero-order valence-corrected chi connectivity index (χ0v) is 13.5. The Kier molecular flexibility index (Phi) is 3.37. The van der Waals surface area contributed by atoms with E-state index < -0.39 is 10.8 Å². The van der Waals surface area contributed by atoms with Crippen molar-refractivity contribution in [2.75, 3.05) is 43.3 Å². The summed E-state index contributed by atoms with van der Waals surface area (Å²) < 4.78 is 12.9. The first kappa shape index (κ1) is 13.9. The van der Waals surface area contributed by atoms with Crippen LogP contribution in [-0.4, -0.2) is 32.4 Å². The number of hydrogen-bond donors (Lipinski definition) is 1. The van der Waals surface area contributed by atoms with Crippen LogP contribution in [0.5, 0.6) is 0 Å². The molecule has 3 rings (SSSR count). The molecule has 1 aliphatic heterocycles. The molecule has 110 valence electrons. The van der Waals surface area contributed by atoms with Crippen molar-refractivity contribution in [1.82, 2.24) is 0 Å². The molecule has 5 heteroatoms. The SMILES string of the molecule is CN(C)c1ccc2c(c1)S(=O)c1cc(N(C)C)ccc1N2. The quantitative estimate of drug-likeness (QED) is 0.789. The summed E-state index contributed by atoms with van der Waals surface area (Å²) in [4.78, 5) is 5.71. The van der Waals surface area contributed by atoms with E-state index in [2.05, 4.69) is 5.32 Å². The third-order valence-corrected chi connectivity index (χ3v) is 5.11. The van der Waals surface area contributed by atoms with Crippen molar-refractivity contribution in [2.45, 2.75) is 9.79 Å². The standard InChI is InChI=1S/C16H19N3OS/c1-18(2)11-5-7-13-15(9-11)21(20)16-10-12(19(3)4)6-8-14(16)17-13/h5-10,17H,1-4H3.